The zero-order valence-corrected chi connectivity index (χ0v) is 19.0. The Bertz CT molecular complexity index is 895. The van der Waals surface area contributed by atoms with Gasteiger partial charge in [0.2, 0.25) is 5.91 Å². The number of benzene rings is 1. The van der Waals surface area contributed by atoms with Gasteiger partial charge >= 0.3 is 0 Å². The van der Waals surface area contributed by atoms with Crippen molar-refractivity contribution in [1.82, 2.24) is 14.8 Å². The molecular formula is C26H33N3O3. The average molecular weight is 436 g/mol. The lowest BCUT2D eigenvalue weighted by molar-refractivity contribution is -0.136. The Morgan fingerprint density at radius 1 is 1.00 bits per heavy atom. The van der Waals surface area contributed by atoms with Crippen molar-refractivity contribution in [2.75, 3.05) is 32.8 Å². The van der Waals surface area contributed by atoms with Gasteiger partial charge in [-0.15, -0.1) is 0 Å². The van der Waals surface area contributed by atoms with Crippen molar-refractivity contribution in [3.8, 4) is 5.75 Å². The van der Waals surface area contributed by atoms with E-state index < -0.39 is 0 Å². The highest BCUT2D eigenvalue weighted by molar-refractivity contribution is 5.92. The standard InChI is InChI=1S/C26H33N3O3/c1-19(2)25(30)28-14-11-20(12-15-28)23-17-29(26(31)24-10-6-7-13-27-24)16-21(23)18-32-22-8-4-3-5-9-22/h3-10,13,19-21,23H,11-12,14-18H2,1-2H3/t21-,23-/m0/s1. The lowest BCUT2D eigenvalue weighted by Gasteiger charge is -2.37. The molecule has 1 aromatic heterocycles. The zero-order valence-electron chi connectivity index (χ0n) is 19.0. The SMILES string of the molecule is CC(C)C(=O)N1CCC([C@@H]2CN(C(=O)c3ccccn3)C[C@H]2COc2ccccc2)CC1. The van der Waals surface area contributed by atoms with Gasteiger partial charge in [0, 0.05) is 44.2 Å². The molecule has 2 atom stereocenters. The maximum Gasteiger partial charge on any atom is 0.272 e. The largest absolute Gasteiger partial charge is 0.493 e. The highest BCUT2D eigenvalue weighted by atomic mass is 16.5. The van der Waals surface area contributed by atoms with Crippen LogP contribution in [-0.2, 0) is 4.79 Å². The average Bonchev–Trinajstić information content (AvgIpc) is 3.27. The molecule has 2 aromatic rings. The second-order valence-electron chi connectivity index (χ2n) is 9.29. The number of ether oxygens (including phenoxy) is 1. The van der Waals surface area contributed by atoms with Crippen molar-refractivity contribution in [3.63, 3.8) is 0 Å². The van der Waals surface area contributed by atoms with E-state index in [9.17, 15) is 9.59 Å². The van der Waals surface area contributed by atoms with E-state index in [1.807, 2.05) is 66.1 Å². The van der Waals surface area contributed by atoms with Crippen molar-refractivity contribution >= 4 is 11.8 Å². The van der Waals surface area contributed by atoms with Gasteiger partial charge in [-0.1, -0.05) is 38.1 Å². The molecule has 3 heterocycles. The fraction of sp³-hybridized carbons (Fsp3) is 0.500. The van der Waals surface area contributed by atoms with Crippen LogP contribution in [0.5, 0.6) is 5.75 Å². The summed E-state index contributed by atoms with van der Waals surface area (Å²) in [6.07, 6.45) is 3.63. The van der Waals surface area contributed by atoms with Gasteiger partial charge in [0.15, 0.2) is 0 Å². The summed E-state index contributed by atoms with van der Waals surface area (Å²) in [5.41, 5.74) is 0.494. The van der Waals surface area contributed by atoms with Gasteiger partial charge < -0.3 is 14.5 Å². The van der Waals surface area contributed by atoms with Crippen LogP contribution in [0, 0.1) is 23.7 Å². The molecule has 0 aliphatic carbocycles. The molecule has 2 saturated heterocycles. The molecule has 2 aliphatic heterocycles. The predicted octanol–water partition coefficient (Wildman–Crippen LogP) is 3.74. The van der Waals surface area contributed by atoms with Gasteiger partial charge in [0.05, 0.1) is 6.61 Å². The van der Waals surface area contributed by atoms with Gasteiger partial charge in [-0.2, -0.15) is 0 Å². The number of hydrogen-bond acceptors (Lipinski definition) is 4. The molecule has 0 unspecified atom stereocenters. The number of aromatic nitrogens is 1. The first kappa shape index (κ1) is 22.3. The zero-order chi connectivity index (χ0) is 22.5. The van der Waals surface area contributed by atoms with Crippen LogP contribution >= 0.6 is 0 Å². The van der Waals surface area contributed by atoms with Crippen LogP contribution in [-0.4, -0.2) is 59.4 Å². The summed E-state index contributed by atoms with van der Waals surface area (Å²) in [6, 6.07) is 15.3. The van der Waals surface area contributed by atoms with Gasteiger partial charge in [0.25, 0.3) is 5.91 Å². The van der Waals surface area contributed by atoms with E-state index in [0.29, 0.717) is 30.7 Å². The first-order valence-electron chi connectivity index (χ1n) is 11.7. The minimum absolute atomic E-state index is 0.00904. The van der Waals surface area contributed by atoms with Crippen LogP contribution in [0.2, 0.25) is 0 Å². The molecule has 0 bridgehead atoms. The van der Waals surface area contributed by atoms with E-state index >= 15 is 0 Å². The number of hydrogen-bond donors (Lipinski definition) is 0. The summed E-state index contributed by atoms with van der Waals surface area (Å²) < 4.78 is 6.12. The Labute approximate surface area is 190 Å². The second kappa shape index (κ2) is 10.2. The third kappa shape index (κ3) is 5.12. The van der Waals surface area contributed by atoms with E-state index in [2.05, 4.69) is 4.98 Å². The smallest absolute Gasteiger partial charge is 0.272 e. The molecule has 32 heavy (non-hydrogen) atoms. The van der Waals surface area contributed by atoms with E-state index in [1.54, 1.807) is 12.3 Å². The number of rotatable bonds is 6. The van der Waals surface area contributed by atoms with Crippen LogP contribution in [0.1, 0.15) is 37.2 Å². The lowest BCUT2D eigenvalue weighted by atomic mass is 9.78. The molecule has 4 rings (SSSR count). The number of amides is 2. The molecule has 6 nitrogen and oxygen atoms in total. The molecule has 0 radical (unpaired) electrons. The Morgan fingerprint density at radius 2 is 1.72 bits per heavy atom. The second-order valence-corrected chi connectivity index (χ2v) is 9.29. The Hall–Kier alpha value is -2.89. The number of nitrogens with zero attached hydrogens (tertiary/aromatic N) is 3. The van der Waals surface area contributed by atoms with Crippen molar-refractivity contribution in [1.29, 1.82) is 0 Å². The topological polar surface area (TPSA) is 62.7 Å². The normalized spacial score (nSPS) is 21.7. The van der Waals surface area contributed by atoms with Crippen molar-refractivity contribution in [2.24, 2.45) is 23.7 Å². The molecule has 0 saturated carbocycles. The van der Waals surface area contributed by atoms with E-state index in [0.717, 1.165) is 38.2 Å². The minimum Gasteiger partial charge on any atom is -0.493 e. The quantitative estimate of drug-likeness (QED) is 0.693. The molecule has 170 valence electrons. The summed E-state index contributed by atoms with van der Waals surface area (Å²) in [7, 11) is 0. The number of para-hydroxylation sites is 1. The van der Waals surface area contributed by atoms with Crippen molar-refractivity contribution < 1.29 is 14.3 Å². The highest BCUT2D eigenvalue weighted by Crippen LogP contribution is 2.37. The first-order chi connectivity index (χ1) is 15.5. The summed E-state index contributed by atoms with van der Waals surface area (Å²) in [5.74, 6) is 2.24. The van der Waals surface area contributed by atoms with E-state index in [-0.39, 0.29) is 23.7 Å². The fourth-order valence-corrected chi connectivity index (χ4v) is 5.06. The third-order valence-corrected chi connectivity index (χ3v) is 6.82. The Balaban J connectivity index is 1.44. The van der Waals surface area contributed by atoms with Gasteiger partial charge in [-0.25, -0.2) is 0 Å². The summed E-state index contributed by atoms with van der Waals surface area (Å²) >= 11 is 0. The van der Waals surface area contributed by atoms with Crippen LogP contribution in [0.3, 0.4) is 0 Å². The summed E-state index contributed by atoms with van der Waals surface area (Å²) in [6.45, 7) is 7.52. The first-order valence-corrected chi connectivity index (χ1v) is 11.7. The predicted molar refractivity (Wildman–Crippen MR) is 123 cm³/mol. The maximum atomic E-state index is 13.1. The monoisotopic (exact) mass is 435 g/mol. The fourth-order valence-electron chi connectivity index (χ4n) is 5.06. The highest BCUT2D eigenvalue weighted by Gasteiger charge is 2.41. The Morgan fingerprint density at radius 3 is 2.38 bits per heavy atom. The number of piperidine rings is 1. The number of likely N-dealkylation sites (tertiary alicyclic amines) is 2. The van der Waals surface area contributed by atoms with Gasteiger partial charge in [-0.05, 0) is 48.9 Å². The number of carbonyl (C=O) groups excluding carboxylic acids is 2. The van der Waals surface area contributed by atoms with E-state index in [4.69, 9.17) is 4.74 Å². The molecule has 6 heteroatoms. The molecule has 0 N–H and O–H groups in total. The molecule has 2 fully saturated rings. The molecule has 2 amide bonds. The van der Waals surface area contributed by atoms with Crippen LogP contribution in [0.15, 0.2) is 54.7 Å². The van der Waals surface area contributed by atoms with Crippen LogP contribution < -0.4 is 4.74 Å². The molecular weight excluding hydrogens is 402 g/mol. The lowest BCUT2D eigenvalue weighted by Crippen LogP contribution is -2.43. The van der Waals surface area contributed by atoms with Gasteiger partial charge in [0.1, 0.15) is 11.4 Å². The maximum absolute atomic E-state index is 13.1. The molecule has 0 spiro atoms. The third-order valence-electron chi connectivity index (χ3n) is 6.82. The summed E-state index contributed by atoms with van der Waals surface area (Å²) in [5, 5.41) is 0. The number of carbonyl (C=O) groups is 2. The van der Waals surface area contributed by atoms with Crippen molar-refractivity contribution in [3.05, 3.63) is 60.4 Å². The van der Waals surface area contributed by atoms with Crippen LogP contribution in [0.4, 0.5) is 0 Å². The molecule has 1 aromatic carbocycles. The van der Waals surface area contributed by atoms with E-state index in [1.165, 1.54) is 0 Å². The molecule has 2 aliphatic rings. The van der Waals surface area contributed by atoms with Gasteiger partial charge in [-0.3, -0.25) is 14.6 Å². The summed E-state index contributed by atoms with van der Waals surface area (Å²) in [4.78, 5) is 33.7. The Kier molecular flexibility index (Phi) is 7.08. The van der Waals surface area contributed by atoms with Crippen LogP contribution in [0.25, 0.3) is 0 Å². The minimum atomic E-state index is -0.00904. The number of pyridine rings is 1. The van der Waals surface area contributed by atoms with Crippen molar-refractivity contribution in [2.45, 2.75) is 26.7 Å².